The van der Waals surface area contributed by atoms with E-state index in [0.29, 0.717) is 0 Å². The number of ether oxygens (including phenoxy) is 4. The van der Waals surface area contributed by atoms with Gasteiger partial charge in [0.2, 0.25) is 6.79 Å². The lowest BCUT2D eigenvalue weighted by Crippen LogP contribution is -2.29. The predicted molar refractivity (Wildman–Crippen MR) is 198 cm³/mol. The summed E-state index contributed by atoms with van der Waals surface area (Å²) in [5.41, 5.74) is -5.35. The fourth-order valence-electron chi connectivity index (χ4n) is 5.46. The van der Waals surface area contributed by atoms with Crippen molar-refractivity contribution < 1.29 is 51.3 Å². The molecule has 0 N–H and O–H groups in total. The van der Waals surface area contributed by atoms with Crippen molar-refractivity contribution in [2.75, 3.05) is 6.79 Å². The van der Waals surface area contributed by atoms with Crippen LogP contribution in [0, 0.1) is 27.9 Å². The normalized spacial score (nSPS) is 12.2. The quantitative estimate of drug-likeness (QED) is 0.0862. The molecule has 0 aliphatic rings. The van der Waals surface area contributed by atoms with Crippen LogP contribution in [0.25, 0.3) is 33.0 Å². The number of nitrogens with zero attached hydrogens (tertiary/aromatic N) is 3. The number of pyridine rings is 2. The number of fused-ring (bicyclic) bond motifs is 3. The molecule has 0 fully saturated rings. The topological polar surface area (TPSA) is 167 Å². The number of carbonyl (C=O) groups is 4. The minimum atomic E-state index is -1.17. The van der Waals surface area contributed by atoms with Crippen LogP contribution in [0.4, 0.5) is 8.78 Å². The first-order chi connectivity index (χ1) is 26.0. The maximum atomic E-state index is 15.9. The molecular formula is C40H43F2N3O11. The van der Waals surface area contributed by atoms with Gasteiger partial charge in [-0.15, -0.1) is 0 Å². The fraction of sp³-hybridized carbons (Fsp3) is 0.400. The zero-order chi connectivity index (χ0) is 41.5. The molecule has 0 saturated carbocycles. The van der Waals surface area contributed by atoms with Crippen LogP contribution < -0.4 is 11.1 Å². The smallest absolute Gasteiger partial charge is 0.358 e. The molecule has 0 unspecified atom stereocenters. The summed E-state index contributed by atoms with van der Waals surface area (Å²) in [6.45, 7) is 12.0. The van der Waals surface area contributed by atoms with Crippen molar-refractivity contribution in [2.24, 2.45) is 16.2 Å². The third kappa shape index (κ3) is 8.43. The molecule has 14 nitrogen and oxygen atoms in total. The molecule has 0 bridgehead atoms. The van der Waals surface area contributed by atoms with E-state index in [0.717, 1.165) is 32.0 Å². The summed E-state index contributed by atoms with van der Waals surface area (Å²) in [6, 6.07) is 6.16. The summed E-state index contributed by atoms with van der Waals surface area (Å²) in [5.74, 6) is -4.84. The van der Waals surface area contributed by atoms with Crippen LogP contribution in [0.1, 0.15) is 78.4 Å². The molecule has 0 amide bonds. The second-order valence-electron chi connectivity index (χ2n) is 16.2. The summed E-state index contributed by atoms with van der Waals surface area (Å²) < 4.78 is 61.6. The summed E-state index contributed by atoms with van der Waals surface area (Å²) in [5, 5.41) is 0.0401. The summed E-state index contributed by atoms with van der Waals surface area (Å²) in [4.78, 5) is 79.0. The maximum Gasteiger partial charge on any atom is 0.358 e. The lowest BCUT2D eigenvalue weighted by atomic mass is 9.97. The number of carbonyl (C=O) groups excluding carboxylic acids is 4. The third-order valence-electron chi connectivity index (χ3n) is 8.57. The molecule has 5 rings (SSSR count). The highest BCUT2D eigenvalue weighted by molar-refractivity contribution is 6.17. The van der Waals surface area contributed by atoms with Gasteiger partial charge in [0.05, 0.1) is 50.9 Å². The first-order valence-corrected chi connectivity index (χ1v) is 17.5. The van der Waals surface area contributed by atoms with Gasteiger partial charge in [-0.3, -0.25) is 33.1 Å². The van der Waals surface area contributed by atoms with Crippen molar-refractivity contribution >= 4 is 45.7 Å². The number of aromatic nitrogens is 3. The molecule has 4 aromatic heterocycles. The minimum absolute atomic E-state index is 0.0103. The number of halogens is 2. The molecule has 0 aliphatic heterocycles. The average Bonchev–Trinajstić information content (AvgIpc) is 3.71. The Labute approximate surface area is 319 Å². The van der Waals surface area contributed by atoms with E-state index in [9.17, 15) is 28.8 Å². The lowest BCUT2D eigenvalue weighted by Gasteiger charge is -2.18. The Morgan fingerprint density at radius 3 is 1.95 bits per heavy atom. The van der Waals surface area contributed by atoms with Crippen LogP contribution in [0.5, 0.6) is 0 Å². The van der Waals surface area contributed by atoms with Crippen molar-refractivity contribution in [3.05, 3.63) is 92.6 Å². The number of furan rings is 1. The second-order valence-corrected chi connectivity index (χ2v) is 16.2. The van der Waals surface area contributed by atoms with E-state index in [2.05, 4.69) is 0 Å². The molecule has 0 atom stereocenters. The van der Waals surface area contributed by atoms with Gasteiger partial charge in [-0.2, -0.15) is 0 Å². The molecule has 298 valence electrons. The largest absolute Gasteiger partial charge is 0.463 e. The van der Waals surface area contributed by atoms with Gasteiger partial charge in [-0.05, 0) is 86.6 Å². The Kier molecular flexibility index (Phi) is 11.2. The highest BCUT2D eigenvalue weighted by Gasteiger charge is 2.32. The molecule has 1 aromatic carbocycles. The van der Waals surface area contributed by atoms with Gasteiger partial charge in [0.25, 0.3) is 11.1 Å². The van der Waals surface area contributed by atoms with E-state index < -0.39 is 95.4 Å². The summed E-state index contributed by atoms with van der Waals surface area (Å²) in [6.07, 6.45) is 3.39. The average molecular weight is 780 g/mol. The Bertz CT molecular complexity index is 2490. The van der Waals surface area contributed by atoms with Gasteiger partial charge < -0.3 is 27.9 Å². The SMILES string of the molecule is CC(C)(C)C(=O)OCOC(=O)c1c(-c2cccn(COC(=O)C(C)(C)C)c2=O)c2c3occc3c(F)cc2n1Cc1cc(=O)n(COC(=O)C(C)(C)C)cc1F. The third-order valence-corrected chi connectivity index (χ3v) is 8.57. The monoisotopic (exact) mass is 779 g/mol. The molecule has 0 aliphatic carbocycles. The zero-order valence-corrected chi connectivity index (χ0v) is 32.5. The lowest BCUT2D eigenvalue weighted by molar-refractivity contribution is -0.161. The Balaban J connectivity index is 1.72. The van der Waals surface area contributed by atoms with E-state index in [4.69, 9.17) is 23.4 Å². The zero-order valence-electron chi connectivity index (χ0n) is 32.5. The Morgan fingerprint density at radius 1 is 0.750 bits per heavy atom. The van der Waals surface area contributed by atoms with Gasteiger partial charge in [-0.25, -0.2) is 13.6 Å². The van der Waals surface area contributed by atoms with Crippen molar-refractivity contribution in [1.82, 2.24) is 13.7 Å². The van der Waals surface area contributed by atoms with E-state index >= 15 is 8.78 Å². The molecule has 56 heavy (non-hydrogen) atoms. The van der Waals surface area contributed by atoms with E-state index in [1.807, 2.05) is 0 Å². The summed E-state index contributed by atoms with van der Waals surface area (Å²) in [7, 11) is 0. The number of rotatable bonds is 10. The van der Waals surface area contributed by atoms with Crippen LogP contribution in [-0.4, -0.2) is 44.4 Å². The highest BCUT2D eigenvalue weighted by Crippen LogP contribution is 2.41. The van der Waals surface area contributed by atoms with Crippen LogP contribution >= 0.6 is 0 Å². The van der Waals surface area contributed by atoms with Gasteiger partial charge in [0, 0.05) is 29.6 Å². The van der Waals surface area contributed by atoms with Crippen LogP contribution in [0.3, 0.4) is 0 Å². The van der Waals surface area contributed by atoms with Gasteiger partial charge >= 0.3 is 23.9 Å². The number of hydrogen-bond acceptors (Lipinski definition) is 11. The minimum Gasteiger partial charge on any atom is -0.463 e. The van der Waals surface area contributed by atoms with Gasteiger partial charge in [0.1, 0.15) is 22.9 Å². The number of hydrogen-bond donors (Lipinski definition) is 0. The fourth-order valence-corrected chi connectivity index (χ4v) is 5.46. The maximum absolute atomic E-state index is 15.9. The van der Waals surface area contributed by atoms with Gasteiger partial charge in [0.15, 0.2) is 13.5 Å². The van der Waals surface area contributed by atoms with E-state index in [1.165, 1.54) is 30.7 Å². The molecule has 0 radical (unpaired) electrons. The Morgan fingerprint density at radius 2 is 1.34 bits per heavy atom. The van der Waals surface area contributed by atoms with Crippen molar-refractivity contribution in [3.8, 4) is 11.1 Å². The summed E-state index contributed by atoms with van der Waals surface area (Å²) >= 11 is 0. The standard InChI is InChI=1S/C40H43F2N3O11/c1-38(2,3)35(49)53-19-43-13-10-11-24(33(43)47)29-30-27(16-25(41)23-12-14-52-32(23)30)45(31(29)34(48)55-21-56-37(51)40(7,8)9)17-22-15-28(46)44(18-26(22)42)20-54-36(50)39(4,5)6/h10-16,18H,17,19-21H2,1-9H3. The first-order valence-electron chi connectivity index (χ1n) is 17.5. The molecule has 5 aromatic rings. The molecule has 4 heterocycles. The van der Waals surface area contributed by atoms with Crippen LogP contribution in [-0.2, 0) is 53.3 Å². The Hall–Kier alpha value is -6.06. The second kappa shape index (κ2) is 15.2. The van der Waals surface area contributed by atoms with E-state index in [-0.39, 0.29) is 38.6 Å². The van der Waals surface area contributed by atoms with Crippen LogP contribution in [0.15, 0.2) is 63.0 Å². The molecule has 16 heteroatoms. The van der Waals surface area contributed by atoms with Crippen molar-refractivity contribution in [3.63, 3.8) is 0 Å². The van der Waals surface area contributed by atoms with E-state index in [1.54, 1.807) is 62.3 Å². The van der Waals surface area contributed by atoms with Gasteiger partial charge in [-0.1, -0.05) is 0 Å². The predicted octanol–water partition coefficient (Wildman–Crippen LogP) is 6.50. The molecule has 0 saturated heterocycles. The van der Waals surface area contributed by atoms with Crippen molar-refractivity contribution in [2.45, 2.75) is 82.3 Å². The molecular weight excluding hydrogens is 736 g/mol. The van der Waals surface area contributed by atoms with Crippen LogP contribution in [0.2, 0.25) is 0 Å². The highest BCUT2D eigenvalue weighted by atomic mass is 19.1. The number of benzene rings is 1. The number of esters is 4. The first kappa shape index (κ1) is 41.1. The molecule has 0 spiro atoms. The van der Waals surface area contributed by atoms with Crippen molar-refractivity contribution in [1.29, 1.82) is 0 Å².